The molecule has 0 amide bonds. The predicted octanol–water partition coefficient (Wildman–Crippen LogP) is 5.84. The Balaban J connectivity index is 1.91. The van der Waals surface area contributed by atoms with Gasteiger partial charge in [0.2, 0.25) is 0 Å². The molecule has 1 heterocycles. The van der Waals surface area contributed by atoms with Crippen molar-refractivity contribution in [3.05, 3.63) is 83.9 Å². The maximum Gasteiger partial charge on any atom is 0.119 e. The Morgan fingerprint density at radius 2 is 1.34 bits per heavy atom. The lowest BCUT2D eigenvalue weighted by molar-refractivity contribution is 0.415. The minimum atomic E-state index is 0.811. The number of hydrogen-bond acceptors (Lipinski definition) is 3. The lowest BCUT2D eigenvalue weighted by Crippen LogP contribution is -2.00. The Kier molecular flexibility index (Phi) is 5.09. The van der Waals surface area contributed by atoms with Crippen LogP contribution in [0.2, 0.25) is 0 Å². The molecule has 0 unspecified atom stereocenters. The maximum atomic E-state index is 5.43. The summed E-state index contributed by atoms with van der Waals surface area (Å²) < 4.78 is 12.8. The largest absolute Gasteiger partial charge is 0.497 e. The number of hydrogen-bond donors (Lipinski definition) is 0. The Hall–Kier alpha value is -3.53. The number of methoxy groups -OCH3 is 2. The van der Waals surface area contributed by atoms with Gasteiger partial charge in [-0.15, -0.1) is 0 Å². The molecule has 0 saturated heterocycles. The van der Waals surface area contributed by atoms with Crippen LogP contribution in [-0.2, 0) is 0 Å². The molecule has 0 bridgehead atoms. The number of aromatic nitrogens is 2. The van der Waals surface area contributed by atoms with Gasteiger partial charge in [0.25, 0.3) is 0 Å². The number of benzene rings is 3. The van der Waals surface area contributed by atoms with Gasteiger partial charge in [-0.3, -0.25) is 0 Å². The summed E-state index contributed by atoms with van der Waals surface area (Å²) in [4.78, 5) is 0. The van der Waals surface area contributed by atoms with E-state index >= 15 is 0 Å². The highest BCUT2D eigenvalue weighted by molar-refractivity contribution is 5.72. The second-order valence-electron chi connectivity index (χ2n) is 7.06. The normalized spacial score (nSPS) is 10.8. The molecule has 3 aromatic carbocycles. The molecule has 29 heavy (non-hydrogen) atoms. The summed E-state index contributed by atoms with van der Waals surface area (Å²) in [5.41, 5.74) is 7.47. The fourth-order valence-corrected chi connectivity index (χ4v) is 3.35. The topological polar surface area (TPSA) is 36.3 Å². The molecule has 0 fully saturated rings. The third-order valence-electron chi connectivity index (χ3n) is 5.18. The first kappa shape index (κ1) is 18.8. The van der Waals surface area contributed by atoms with Crippen LogP contribution < -0.4 is 9.47 Å². The third kappa shape index (κ3) is 3.74. The molecule has 4 aromatic rings. The van der Waals surface area contributed by atoms with E-state index in [4.69, 9.17) is 14.6 Å². The van der Waals surface area contributed by atoms with E-state index in [0.717, 1.165) is 39.7 Å². The van der Waals surface area contributed by atoms with Crippen molar-refractivity contribution in [2.45, 2.75) is 13.8 Å². The van der Waals surface area contributed by atoms with E-state index in [1.54, 1.807) is 14.2 Å². The first-order chi connectivity index (χ1) is 14.1. The molecule has 0 spiro atoms. The van der Waals surface area contributed by atoms with Gasteiger partial charge < -0.3 is 9.47 Å². The van der Waals surface area contributed by atoms with Crippen LogP contribution in [0.3, 0.4) is 0 Å². The molecule has 0 aliphatic heterocycles. The molecule has 4 rings (SSSR count). The summed E-state index contributed by atoms with van der Waals surface area (Å²) >= 11 is 0. The van der Waals surface area contributed by atoms with E-state index in [1.165, 1.54) is 11.1 Å². The monoisotopic (exact) mass is 384 g/mol. The SMILES string of the molecule is COc1cccc(-c2cc(-c3cccc(OC)c3)n(-c3ccc(C)c(C)c3)n2)c1. The first-order valence-electron chi connectivity index (χ1n) is 9.55. The highest BCUT2D eigenvalue weighted by Gasteiger charge is 2.15. The van der Waals surface area contributed by atoms with Gasteiger partial charge in [-0.05, 0) is 67.4 Å². The van der Waals surface area contributed by atoms with E-state index in [0.29, 0.717) is 0 Å². The molecule has 0 aliphatic carbocycles. The van der Waals surface area contributed by atoms with E-state index in [9.17, 15) is 0 Å². The molecule has 146 valence electrons. The van der Waals surface area contributed by atoms with E-state index in [-0.39, 0.29) is 0 Å². The van der Waals surface area contributed by atoms with Crippen molar-refractivity contribution in [2.75, 3.05) is 14.2 Å². The van der Waals surface area contributed by atoms with Gasteiger partial charge in [0.05, 0.1) is 31.3 Å². The van der Waals surface area contributed by atoms with Crippen LogP contribution in [0.25, 0.3) is 28.2 Å². The van der Waals surface area contributed by atoms with Crippen molar-refractivity contribution in [3.8, 4) is 39.7 Å². The van der Waals surface area contributed by atoms with Gasteiger partial charge in [0.15, 0.2) is 0 Å². The summed E-state index contributed by atoms with van der Waals surface area (Å²) in [5, 5.41) is 4.95. The van der Waals surface area contributed by atoms with Crippen molar-refractivity contribution in [3.63, 3.8) is 0 Å². The molecule has 0 atom stereocenters. The van der Waals surface area contributed by atoms with Crippen LogP contribution in [0.1, 0.15) is 11.1 Å². The van der Waals surface area contributed by atoms with Crippen LogP contribution in [0.15, 0.2) is 72.8 Å². The maximum absolute atomic E-state index is 5.43. The standard InChI is InChI=1S/C25H24N2O2/c1-17-11-12-21(13-18(17)2)27-25(20-8-6-10-23(15-20)29-4)16-24(26-27)19-7-5-9-22(14-19)28-3/h5-16H,1-4H3. The van der Waals surface area contributed by atoms with Crippen molar-refractivity contribution >= 4 is 0 Å². The Bertz CT molecular complexity index is 1160. The molecule has 0 saturated carbocycles. The highest BCUT2D eigenvalue weighted by Crippen LogP contribution is 2.32. The van der Waals surface area contributed by atoms with Gasteiger partial charge in [-0.2, -0.15) is 5.10 Å². The third-order valence-corrected chi connectivity index (χ3v) is 5.18. The van der Waals surface area contributed by atoms with Crippen molar-refractivity contribution in [1.29, 1.82) is 0 Å². The van der Waals surface area contributed by atoms with Crippen LogP contribution in [0.5, 0.6) is 11.5 Å². The molecular weight excluding hydrogens is 360 g/mol. The van der Waals surface area contributed by atoms with Crippen LogP contribution in [0.4, 0.5) is 0 Å². The Labute approximate surface area is 171 Å². The summed E-state index contributed by atoms with van der Waals surface area (Å²) in [6, 6.07) is 24.5. The van der Waals surface area contributed by atoms with E-state index in [2.05, 4.69) is 44.2 Å². The minimum Gasteiger partial charge on any atom is -0.497 e. The molecule has 4 heteroatoms. The second-order valence-corrected chi connectivity index (χ2v) is 7.06. The zero-order valence-electron chi connectivity index (χ0n) is 17.1. The number of nitrogens with zero attached hydrogens (tertiary/aromatic N) is 2. The summed E-state index contributed by atoms with van der Waals surface area (Å²) in [5.74, 6) is 1.63. The zero-order valence-corrected chi connectivity index (χ0v) is 17.1. The van der Waals surface area contributed by atoms with Crippen LogP contribution >= 0.6 is 0 Å². The summed E-state index contributed by atoms with van der Waals surface area (Å²) in [6.45, 7) is 4.24. The van der Waals surface area contributed by atoms with Gasteiger partial charge >= 0.3 is 0 Å². The molecule has 4 nitrogen and oxygen atoms in total. The molecular formula is C25H24N2O2. The molecule has 0 radical (unpaired) electrons. The minimum absolute atomic E-state index is 0.811. The Morgan fingerprint density at radius 3 is 2.00 bits per heavy atom. The quantitative estimate of drug-likeness (QED) is 0.434. The number of rotatable bonds is 5. The van der Waals surface area contributed by atoms with E-state index < -0.39 is 0 Å². The van der Waals surface area contributed by atoms with Gasteiger partial charge in [0, 0.05) is 11.1 Å². The van der Waals surface area contributed by atoms with Crippen molar-refractivity contribution in [2.24, 2.45) is 0 Å². The van der Waals surface area contributed by atoms with Crippen molar-refractivity contribution in [1.82, 2.24) is 9.78 Å². The molecule has 1 aromatic heterocycles. The second kappa shape index (κ2) is 7.84. The Morgan fingerprint density at radius 1 is 0.690 bits per heavy atom. The van der Waals surface area contributed by atoms with Crippen LogP contribution in [-0.4, -0.2) is 24.0 Å². The first-order valence-corrected chi connectivity index (χ1v) is 9.55. The average molecular weight is 384 g/mol. The fourth-order valence-electron chi connectivity index (χ4n) is 3.35. The predicted molar refractivity (Wildman–Crippen MR) is 117 cm³/mol. The number of aryl methyl sites for hydroxylation is 2. The molecule has 0 N–H and O–H groups in total. The zero-order chi connectivity index (χ0) is 20.4. The van der Waals surface area contributed by atoms with Crippen molar-refractivity contribution < 1.29 is 9.47 Å². The summed E-state index contributed by atoms with van der Waals surface area (Å²) in [7, 11) is 3.36. The van der Waals surface area contributed by atoms with Crippen LogP contribution in [0, 0.1) is 13.8 Å². The van der Waals surface area contributed by atoms with Gasteiger partial charge in [-0.25, -0.2) is 4.68 Å². The molecule has 0 aliphatic rings. The average Bonchev–Trinajstić information content (AvgIpc) is 3.21. The smallest absolute Gasteiger partial charge is 0.119 e. The lowest BCUT2D eigenvalue weighted by atomic mass is 10.1. The summed E-state index contributed by atoms with van der Waals surface area (Å²) in [6.07, 6.45) is 0. The van der Waals surface area contributed by atoms with Gasteiger partial charge in [-0.1, -0.05) is 30.3 Å². The van der Waals surface area contributed by atoms with E-state index in [1.807, 2.05) is 47.1 Å². The fraction of sp³-hybridized carbons (Fsp3) is 0.160. The van der Waals surface area contributed by atoms with Gasteiger partial charge in [0.1, 0.15) is 11.5 Å². The number of ether oxygens (including phenoxy) is 2. The highest BCUT2D eigenvalue weighted by atomic mass is 16.5. The lowest BCUT2D eigenvalue weighted by Gasteiger charge is -2.10.